The van der Waals surface area contributed by atoms with Crippen molar-refractivity contribution in [2.45, 2.75) is 51.9 Å². The van der Waals surface area contributed by atoms with Gasteiger partial charge in [0.2, 0.25) is 0 Å². The lowest BCUT2D eigenvalue weighted by molar-refractivity contribution is 0.218. The molecular weight excluding hydrogens is 248 g/mol. The number of rotatable bonds is 2. The Morgan fingerprint density at radius 2 is 1.95 bits per heavy atom. The van der Waals surface area contributed by atoms with Gasteiger partial charge in [-0.3, -0.25) is 0 Å². The molecule has 0 spiro atoms. The molecule has 19 heavy (non-hydrogen) atoms. The molecule has 102 valence electrons. The maximum atomic E-state index is 10.0. The van der Waals surface area contributed by atoms with E-state index in [1.54, 1.807) is 0 Å². The van der Waals surface area contributed by atoms with Crippen molar-refractivity contribution in [2.24, 2.45) is 0 Å². The van der Waals surface area contributed by atoms with E-state index in [9.17, 15) is 5.11 Å². The molecule has 0 aromatic heterocycles. The molecule has 0 saturated heterocycles. The van der Waals surface area contributed by atoms with Crippen molar-refractivity contribution < 1.29 is 5.11 Å². The fourth-order valence-electron chi connectivity index (χ4n) is 2.65. The Morgan fingerprint density at radius 3 is 2.47 bits per heavy atom. The van der Waals surface area contributed by atoms with Crippen LogP contribution in [0.2, 0.25) is 19.6 Å². The van der Waals surface area contributed by atoms with Crippen molar-refractivity contribution in [1.29, 1.82) is 0 Å². The minimum atomic E-state index is -1.48. The zero-order valence-electron chi connectivity index (χ0n) is 12.5. The molecule has 1 fully saturated rings. The molecule has 1 N–H and O–H groups in total. The monoisotopic (exact) mass is 272 g/mol. The van der Waals surface area contributed by atoms with E-state index in [-0.39, 0.29) is 6.10 Å². The van der Waals surface area contributed by atoms with E-state index in [4.69, 9.17) is 0 Å². The number of hydrogen-bond donors (Lipinski definition) is 1. The van der Waals surface area contributed by atoms with Crippen molar-refractivity contribution in [1.82, 2.24) is 0 Å². The Hall–Kier alpha value is -1.08. The number of aliphatic hydroxyl groups excluding tert-OH is 1. The number of hydrogen-bond acceptors (Lipinski definition) is 1. The quantitative estimate of drug-likeness (QED) is 0.628. The smallest absolute Gasteiger partial charge is 0.0883 e. The number of benzene rings is 1. The van der Waals surface area contributed by atoms with Gasteiger partial charge in [-0.25, -0.2) is 0 Å². The van der Waals surface area contributed by atoms with Crippen LogP contribution in [-0.2, 0) is 0 Å². The van der Waals surface area contributed by atoms with Gasteiger partial charge in [0.15, 0.2) is 0 Å². The zero-order valence-corrected chi connectivity index (χ0v) is 13.5. The van der Waals surface area contributed by atoms with Gasteiger partial charge in [0.05, 0.1) is 14.2 Å². The molecule has 1 nitrogen and oxygen atoms in total. The van der Waals surface area contributed by atoms with Crippen molar-refractivity contribution >= 4 is 13.3 Å². The first-order valence-corrected chi connectivity index (χ1v) is 10.6. The second-order valence-electron chi connectivity index (χ2n) is 6.50. The SMILES string of the molecule is Cc1ccccc1C(=C=C1CCC[C@H]1O)[Si](C)(C)C. The van der Waals surface area contributed by atoms with Crippen LogP contribution in [-0.4, -0.2) is 19.3 Å². The van der Waals surface area contributed by atoms with Crippen LogP contribution in [0.1, 0.15) is 30.4 Å². The fourth-order valence-corrected chi connectivity index (χ4v) is 4.27. The summed E-state index contributed by atoms with van der Waals surface area (Å²) in [5.41, 5.74) is 7.34. The van der Waals surface area contributed by atoms with Gasteiger partial charge in [-0.1, -0.05) is 43.9 Å². The number of aliphatic hydroxyl groups is 1. The molecule has 1 atom stereocenters. The first-order chi connectivity index (χ1) is 8.89. The first-order valence-electron chi connectivity index (χ1n) is 7.14. The van der Waals surface area contributed by atoms with Gasteiger partial charge in [-0.15, -0.1) is 5.73 Å². The first kappa shape index (κ1) is 14.3. The van der Waals surface area contributed by atoms with E-state index < -0.39 is 8.07 Å². The lowest BCUT2D eigenvalue weighted by Gasteiger charge is -2.21. The highest BCUT2D eigenvalue weighted by atomic mass is 28.3. The fraction of sp³-hybridized carbons (Fsp3) is 0.471. The van der Waals surface area contributed by atoms with E-state index in [0.717, 1.165) is 24.8 Å². The largest absolute Gasteiger partial charge is 0.388 e. The minimum Gasteiger partial charge on any atom is -0.388 e. The average Bonchev–Trinajstić information content (AvgIpc) is 2.72. The van der Waals surface area contributed by atoms with Gasteiger partial charge in [0.1, 0.15) is 0 Å². The summed E-state index contributed by atoms with van der Waals surface area (Å²) >= 11 is 0. The predicted octanol–water partition coefficient (Wildman–Crippen LogP) is 4.33. The summed E-state index contributed by atoms with van der Waals surface area (Å²) in [4.78, 5) is 0. The molecule has 0 radical (unpaired) electrons. The van der Waals surface area contributed by atoms with Crippen LogP contribution >= 0.6 is 0 Å². The zero-order chi connectivity index (χ0) is 14.0. The van der Waals surface area contributed by atoms with Crippen LogP contribution in [0, 0.1) is 6.92 Å². The molecule has 0 aliphatic heterocycles. The van der Waals surface area contributed by atoms with Crippen molar-refractivity contribution in [3.8, 4) is 0 Å². The summed E-state index contributed by atoms with van der Waals surface area (Å²) in [6.07, 6.45) is 2.72. The van der Waals surface area contributed by atoms with Crippen LogP contribution in [0.4, 0.5) is 0 Å². The maximum absolute atomic E-state index is 10.0. The topological polar surface area (TPSA) is 20.2 Å². The molecule has 0 bridgehead atoms. The third-order valence-corrected chi connectivity index (χ3v) is 5.67. The van der Waals surface area contributed by atoms with Gasteiger partial charge in [-0.2, -0.15) is 0 Å². The van der Waals surface area contributed by atoms with Crippen LogP contribution in [0.5, 0.6) is 0 Å². The van der Waals surface area contributed by atoms with Crippen molar-refractivity contribution in [3.63, 3.8) is 0 Å². The molecule has 1 saturated carbocycles. The predicted molar refractivity (Wildman–Crippen MR) is 84.8 cm³/mol. The lowest BCUT2D eigenvalue weighted by Crippen LogP contribution is -2.23. The van der Waals surface area contributed by atoms with E-state index in [1.807, 2.05) is 0 Å². The molecule has 0 unspecified atom stereocenters. The molecule has 1 aromatic rings. The third-order valence-electron chi connectivity index (χ3n) is 3.78. The molecule has 1 aromatic carbocycles. The molecule has 0 heterocycles. The molecule has 1 aliphatic rings. The molecule has 1 aliphatic carbocycles. The molecule has 0 amide bonds. The molecule has 2 heteroatoms. The van der Waals surface area contributed by atoms with Gasteiger partial charge < -0.3 is 5.11 Å². The Balaban J connectivity index is 2.62. The van der Waals surface area contributed by atoms with E-state index in [1.165, 1.54) is 16.3 Å². The second kappa shape index (κ2) is 5.50. The van der Waals surface area contributed by atoms with Crippen molar-refractivity contribution in [3.05, 3.63) is 46.7 Å². The standard InChI is InChI=1S/C17H24OSi/c1-13-8-5-6-10-15(13)17(19(2,3)4)12-14-9-7-11-16(14)18/h5-6,8,10,16,18H,7,9,11H2,1-4H3/t12?,16-/m1/s1. The van der Waals surface area contributed by atoms with Gasteiger partial charge in [-0.05, 0) is 48.1 Å². The maximum Gasteiger partial charge on any atom is 0.0883 e. The van der Waals surface area contributed by atoms with E-state index >= 15 is 0 Å². The van der Waals surface area contributed by atoms with Crippen LogP contribution in [0.25, 0.3) is 5.20 Å². The highest BCUT2D eigenvalue weighted by Gasteiger charge is 2.24. The van der Waals surface area contributed by atoms with Crippen LogP contribution in [0.15, 0.2) is 35.6 Å². The normalized spacial score (nSPS) is 19.4. The Labute approximate surface area is 117 Å². The highest BCUT2D eigenvalue weighted by Crippen LogP contribution is 2.31. The summed E-state index contributed by atoms with van der Waals surface area (Å²) in [5, 5.41) is 11.4. The average molecular weight is 272 g/mol. The molecular formula is C17H24OSi. The summed E-state index contributed by atoms with van der Waals surface area (Å²) in [7, 11) is -1.48. The summed E-state index contributed by atoms with van der Waals surface area (Å²) in [6, 6.07) is 8.53. The van der Waals surface area contributed by atoms with E-state index in [0.29, 0.717) is 0 Å². The lowest BCUT2D eigenvalue weighted by atomic mass is 10.1. The number of aryl methyl sites for hydroxylation is 1. The van der Waals surface area contributed by atoms with Crippen LogP contribution in [0.3, 0.4) is 0 Å². The summed E-state index contributed by atoms with van der Waals surface area (Å²) in [5.74, 6) is 0. The van der Waals surface area contributed by atoms with E-state index in [2.05, 4.69) is 56.6 Å². The summed E-state index contributed by atoms with van der Waals surface area (Å²) in [6.45, 7) is 9.21. The Bertz CT molecular complexity index is 530. The second-order valence-corrected chi connectivity index (χ2v) is 11.5. The van der Waals surface area contributed by atoms with Gasteiger partial charge >= 0.3 is 0 Å². The van der Waals surface area contributed by atoms with Gasteiger partial charge in [0.25, 0.3) is 0 Å². The van der Waals surface area contributed by atoms with Gasteiger partial charge in [0, 0.05) is 0 Å². The molecule has 2 rings (SSSR count). The third kappa shape index (κ3) is 3.27. The highest BCUT2D eigenvalue weighted by molar-refractivity contribution is 6.93. The Morgan fingerprint density at radius 1 is 1.26 bits per heavy atom. The van der Waals surface area contributed by atoms with Crippen molar-refractivity contribution in [2.75, 3.05) is 0 Å². The Kier molecular flexibility index (Phi) is 4.15. The minimum absolute atomic E-state index is 0.268. The van der Waals surface area contributed by atoms with Crippen LogP contribution < -0.4 is 0 Å². The summed E-state index contributed by atoms with van der Waals surface area (Å²) < 4.78 is 0.